The smallest absolute Gasteiger partial charge is 0.217 e. The van der Waals surface area contributed by atoms with Gasteiger partial charge < -0.3 is 0 Å². The maximum atomic E-state index is 10.3. The zero-order valence-electron chi connectivity index (χ0n) is 5.17. The number of aliphatic imine (C=N–C) groups is 1. The van der Waals surface area contributed by atoms with E-state index in [1.807, 2.05) is 0 Å². The van der Waals surface area contributed by atoms with Gasteiger partial charge in [0.1, 0.15) is 10.3 Å². The van der Waals surface area contributed by atoms with Gasteiger partial charge in [-0.25, -0.2) is 4.99 Å². The van der Waals surface area contributed by atoms with Crippen LogP contribution in [0.2, 0.25) is 0 Å². The largest absolute Gasteiger partial charge is 0.278 e. The molecule has 1 heterocycles. The van der Waals surface area contributed by atoms with Crippen LogP contribution in [-0.2, 0) is 4.79 Å². The molecule has 0 aromatic rings. The molecule has 0 saturated carbocycles. The van der Waals surface area contributed by atoms with Crippen molar-refractivity contribution in [3.05, 3.63) is 11.2 Å². The second-order valence-corrected chi connectivity index (χ2v) is 2.91. The molecule has 0 aromatic carbocycles. The number of hydrogen-bond acceptors (Lipinski definition) is 2. The number of hydrogen-bond donors (Lipinski definition) is 0. The molecule has 1 rings (SSSR count). The highest BCUT2D eigenvalue weighted by molar-refractivity contribution is 6.69. The molecular formula is C5H3Cl3N2O. The first-order valence-electron chi connectivity index (χ1n) is 2.63. The Bertz CT molecular complexity index is 238. The molecule has 0 radical (unpaired) electrons. The van der Waals surface area contributed by atoms with E-state index in [-0.39, 0.29) is 10.3 Å². The van der Waals surface area contributed by atoms with Gasteiger partial charge >= 0.3 is 0 Å². The third-order valence-electron chi connectivity index (χ3n) is 1.06. The van der Waals surface area contributed by atoms with E-state index in [4.69, 9.17) is 34.8 Å². The number of allylic oxidation sites excluding steroid dienone is 1. The Labute approximate surface area is 78.2 Å². The Hall–Kier alpha value is -0.250. The van der Waals surface area contributed by atoms with Gasteiger partial charge in [-0.1, -0.05) is 34.8 Å². The Balaban J connectivity index is 2.90. The van der Waals surface area contributed by atoms with Gasteiger partial charge in [-0.2, -0.15) is 0 Å². The maximum absolute atomic E-state index is 10.3. The minimum absolute atomic E-state index is 0.167. The van der Waals surface area contributed by atoms with Crippen molar-refractivity contribution >= 4 is 46.4 Å². The van der Waals surface area contributed by atoms with E-state index in [1.165, 1.54) is 6.08 Å². The van der Waals surface area contributed by atoms with Crippen LogP contribution in [-0.4, -0.2) is 22.1 Å². The molecular weight excluding hydrogens is 210 g/mol. The van der Waals surface area contributed by atoms with Crippen molar-refractivity contribution in [2.45, 2.75) is 5.62 Å². The van der Waals surface area contributed by atoms with Gasteiger partial charge in [-0.05, 0) is 0 Å². The third-order valence-corrected chi connectivity index (χ3v) is 1.88. The summed E-state index contributed by atoms with van der Waals surface area (Å²) in [7, 11) is 0. The van der Waals surface area contributed by atoms with Gasteiger partial charge in [-0.15, -0.1) is 0 Å². The molecule has 3 nitrogen and oxygen atoms in total. The third kappa shape index (κ3) is 1.86. The van der Waals surface area contributed by atoms with E-state index in [0.29, 0.717) is 6.41 Å². The van der Waals surface area contributed by atoms with Crippen LogP contribution < -0.4 is 0 Å². The number of carbonyl (C=O) groups is 1. The van der Waals surface area contributed by atoms with Crippen molar-refractivity contribution in [1.82, 2.24) is 4.90 Å². The molecule has 0 bridgehead atoms. The van der Waals surface area contributed by atoms with Gasteiger partial charge in [0.2, 0.25) is 12.0 Å². The number of amides is 1. The Morgan fingerprint density at radius 2 is 2.27 bits per heavy atom. The van der Waals surface area contributed by atoms with Crippen molar-refractivity contribution in [1.29, 1.82) is 0 Å². The second-order valence-electron chi connectivity index (χ2n) is 1.74. The van der Waals surface area contributed by atoms with Crippen molar-refractivity contribution < 1.29 is 4.79 Å². The predicted molar refractivity (Wildman–Crippen MR) is 44.8 cm³/mol. The summed E-state index contributed by atoms with van der Waals surface area (Å²) in [5, 5.41) is 0.355. The van der Waals surface area contributed by atoms with Crippen LogP contribution >= 0.6 is 34.8 Å². The summed E-state index contributed by atoms with van der Waals surface area (Å²) >= 11 is 16.6. The topological polar surface area (TPSA) is 32.7 Å². The fourth-order valence-corrected chi connectivity index (χ4v) is 1.42. The van der Waals surface area contributed by atoms with Gasteiger partial charge in [0.05, 0.1) is 0 Å². The van der Waals surface area contributed by atoms with Crippen LogP contribution in [0.25, 0.3) is 0 Å². The fraction of sp³-hybridized carbons (Fsp3) is 0.200. The molecule has 1 aliphatic rings. The van der Waals surface area contributed by atoms with Gasteiger partial charge in [0.15, 0.2) is 0 Å². The van der Waals surface area contributed by atoms with E-state index in [9.17, 15) is 4.79 Å². The molecule has 0 N–H and O–H groups in total. The molecule has 1 atom stereocenters. The summed E-state index contributed by atoms with van der Waals surface area (Å²) in [6, 6.07) is 0. The molecule has 1 amide bonds. The van der Waals surface area contributed by atoms with Crippen LogP contribution in [0.4, 0.5) is 0 Å². The van der Waals surface area contributed by atoms with E-state index < -0.39 is 5.62 Å². The lowest BCUT2D eigenvalue weighted by Crippen LogP contribution is -2.29. The number of alkyl halides is 1. The monoisotopic (exact) mass is 212 g/mol. The first kappa shape index (κ1) is 8.84. The molecule has 1 unspecified atom stereocenters. The molecule has 0 aliphatic carbocycles. The van der Waals surface area contributed by atoms with E-state index in [0.717, 1.165) is 4.90 Å². The van der Waals surface area contributed by atoms with Crippen molar-refractivity contribution in [2.24, 2.45) is 4.99 Å². The number of nitrogens with zero attached hydrogens (tertiary/aromatic N) is 2. The van der Waals surface area contributed by atoms with Crippen LogP contribution in [0.1, 0.15) is 0 Å². The minimum Gasteiger partial charge on any atom is -0.278 e. The standard InChI is InChI=1S/C5H3Cl3N2O/c6-3-1-4(7)10(2-11)5(8)9-3/h1-2,5H. The lowest BCUT2D eigenvalue weighted by molar-refractivity contribution is -0.116. The summed E-state index contributed by atoms with van der Waals surface area (Å²) < 4.78 is 0. The molecule has 60 valence electrons. The Kier molecular flexibility index (Phi) is 2.76. The lowest BCUT2D eigenvalue weighted by Gasteiger charge is -2.21. The summed E-state index contributed by atoms with van der Waals surface area (Å²) in [4.78, 5) is 15.0. The normalized spacial score (nSPS) is 24.3. The molecule has 0 spiro atoms. The predicted octanol–water partition coefficient (Wildman–Crippen LogP) is 1.70. The Morgan fingerprint density at radius 3 is 2.73 bits per heavy atom. The molecule has 0 saturated heterocycles. The first-order chi connectivity index (χ1) is 5.15. The molecule has 1 aliphatic heterocycles. The van der Waals surface area contributed by atoms with Gasteiger partial charge in [-0.3, -0.25) is 9.69 Å². The van der Waals surface area contributed by atoms with Crippen LogP contribution in [0.5, 0.6) is 0 Å². The van der Waals surface area contributed by atoms with Crippen LogP contribution in [0, 0.1) is 0 Å². The Morgan fingerprint density at radius 1 is 1.64 bits per heavy atom. The molecule has 6 heteroatoms. The summed E-state index contributed by atoms with van der Waals surface area (Å²) in [6.07, 6.45) is 1.83. The van der Waals surface area contributed by atoms with E-state index >= 15 is 0 Å². The van der Waals surface area contributed by atoms with E-state index in [2.05, 4.69) is 4.99 Å². The lowest BCUT2D eigenvalue weighted by atomic mass is 10.5. The summed E-state index contributed by atoms with van der Waals surface area (Å²) in [6.45, 7) is 0. The SMILES string of the molecule is O=CN1C(Cl)=CC(Cl)=NC1Cl. The minimum atomic E-state index is -0.836. The zero-order chi connectivity index (χ0) is 8.43. The number of rotatable bonds is 1. The average Bonchev–Trinajstić information content (AvgIpc) is 1.85. The van der Waals surface area contributed by atoms with Crippen molar-refractivity contribution in [2.75, 3.05) is 0 Å². The van der Waals surface area contributed by atoms with Gasteiger partial charge in [0.25, 0.3) is 0 Å². The van der Waals surface area contributed by atoms with Crippen LogP contribution in [0.3, 0.4) is 0 Å². The highest BCUT2D eigenvalue weighted by Crippen LogP contribution is 2.21. The fourth-order valence-electron chi connectivity index (χ4n) is 0.576. The van der Waals surface area contributed by atoms with E-state index in [1.54, 1.807) is 0 Å². The zero-order valence-corrected chi connectivity index (χ0v) is 7.44. The molecule has 0 aromatic heterocycles. The highest BCUT2D eigenvalue weighted by Gasteiger charge is 2.20. The summed E-state index contributed by atoms with van der Waals surface area (Å²) in [5.41, 5.74) is -0.836. The summed E-state index contributed by atoms with van der Waals surface area (Å²) in [5.74, 6) is 0. The quantitative estimate of drug-likeness (QED) is 0.371. The molecule has 11 heavy (non-hydrogen) atoms. The highest BCUT2D eigenvalue weighted by atomic mass is 35.5. The van der Waals surface area contributed by atoms with Crippen LogP contribution in [0.15, 0.2) is 16.2 Å². The van der Waals surface area contributed by atoms with Crippen molar-refractivity contribution in [3.63, 3.8) is 0 Å². The molecule has 0 fully saturated rings. The maximum Gasteiger partial charge on any atom is 0.217 e. The number of carbonyl (C=O) groups excluding carboxylic acids is 1. The van der Waals surface area contributed by atoms with Gasteiger partial charge in [0, 0.05) is 6.08 Å². The second kappa shape index (κ2) is 3.43. The first-order valence-corrected chi connectivity index (χ1v) is 3.82. The van der Waals surface area contributed by atoms with Crippen molar-refractivity contribution in [3.8, 4) is 0 Å². The average molecular weight is 213 g/mol. The number of halogens is 3.